The third kappa shape index (κ3) is 2.38. The van der Waals surface area contributed by atoms with Crippen molar-refractivity contribution in [3.63, 3.8) is 0 Å². The Morgan fingerprint density at radius 2 is 1.78 bits per heavy atom. The quantitative estimate of drug-likeness (QED) is 0.833. The lowest BCUT2D eigenvalue weighted by Crippen LogP contribution is -2.07. The molecule has 2 rings (SSSR count). The van der Waals surface area contributed by atoms with E-state index >= 15 is 0 Å². The molecule has 1 N–H and O–H groups in total. The number of benzene rings is 1. The van der Waals surface area contributed by atoms with Gasteiger partial charge >= 0.3 is 6.18 Å². The van der Waals surface area contributed by atoms with Gasteiger partial charge in [0.05, 0.1) is 5.69 Å². The molecule has 0 aliphatic carbocycles. The first kappa shape index (κ1) is 13.0. The number of aromatic amines is 1. The van der Waals surface area contributed by atoms with Crippen LogP contribution in [0.3, 0.4) is 0 Å². The second-order valence-corrected chi connectivity index (χ2v) is 4.64. The number of halogens is 3. The highest BCUT2D eigenvalue weighted by atomic mass is 32.2. The van der Waals surface area contributed by atoms with Gasteiger partial charge < -0.3 is 0 Å². The fourth-order valence-corrected chi connectivity index (χ4v) is 2.22. The van der Waals surface area contributed by atoms with E-state index in [0.717, 1.165) is 17.3 Å². The maximum Gasteiger partial charge on any atom is 0.421 e. The van der Waals surface area contributed by atoms with E-state index in [4.69, 9.17) is 0 Å². The molecule has 0 amide bonds. The summed E-state index contributed by atoms with van der Waals surface area (Å²) in [5, 5.41) is 6.17. The van der Waals surface area contributed by atoms with Crippen molar-refractivity contribution in [2.45, 2.75) is 18.1 Å². The van der Waals surface area contributed by atoms with E-state index in [9.17, 15) is 13.2 Å². The zero-order valence-electron chi connectivity index (χ0n) is 9.80. The summed E-state index contributed by atoms with van der Waals surface area (Å²) >= 11 is 0.979. The van der Waals surface area contributed by atoms with Gasteiger partial charge in [-0.05, 0) is 13.2 Å². The number of hydrogen-bond acceptors (Lipinski definition) is 2. The molecule has 6 heteroatoms. The number of nitrogens with zero attached hydrogens (tertiary/aromatic N) is 1. The predicted octanol–water partition coefficient (Wildman–Crippen LogP) is 4.13. The maximum atomic E-state index is 13.0. The fraction of sp³-hybridized carbons (Fsp3) is 0.250. The molecule has 0 atom stereocenters. The van der Waals surface area contributed by atoms with Crippen LogP contribution in [0.15, 0.2) is 29.3 Å². The normalized spacial score (nSPS) is 11.8. The summed E-state index contributed by atoms with van der Waals surface area (Å²) in [4.78, 5) is 0. The second-order valence-electron chi connectivity index (χ2n) is 3.85. The SMILES string of the molecule is CSc1n[nH]c(-c2ccc(C)cc2)c1C(F)(F)F. The van der Waals surface area contributed by atoms with Crippen molar-refractivity contribution in [2.75, 3.05) is 6.26 Å². The van der Waals surface area contributed by atoms with Crippen LogP contribution in [0.1, 0.15) is 11.1 Å². The highest BCUT2D eigenvalue weighted by Crippen LogP contribution is 2.40. The van der Waals surface area contributed by atoms with Crippen LogP contribution in [-0.2, 0) is 6.18 Å². The van der Waals surface area contributed by atoms with Crippen LogP contribution < -0.4 is 0 Å². The van der Waals surface area contributed by atoms with Crippen LogP contribution in [0.4, 0.5) is 13.2 Å². The van der Waals surface area contributed by atoms with Crippen molar-refractivity contribution >= 4 is 11.8 Å². The van der Waals surface area contributed by atoms with E-state index in [-0.39, 0.29) is 10.7 Å². The molecule has 0 aliphatic heterocycles. The molecule has 18 heavy (non-hydrogen) atoms. The molecular weight excluding hydrogens is 261 g/mol. The molecule has 1 heterocycles. The molecule has 2 aromatic rings. The van der Waals surface area contributed by atoms with Gasteiger partial charge in [0.1, 0.15) is 10.6 Å². The first-order valence-corrected chi connectivity index (χ1v) is 6.42. The van der Waals surface area contributed by atoms with Crippen LogP contribution >= 0.6 is 11.8 Å². The van der Waals surface area contributed by atoms with Gasteiger partial charge in [-0.15, -0.1) is 11.8 Å². The number of nitrogens with one attached hydrogen (secondary N) is 1. The van der Waals surface area contributed by atoms with E-state index in [1.165, 1.54) is 0 Å². The average Bonchev–Trinajstić information content (AvgIpc) is 2.73. The maximum absolute atomic E-state index is 13.0. The number of alkyl halides is 3. The lowest BCUT2D eigenvalue weighted by atomic mass is 10.1. The second kappa shape index (κ2) is 4.68. The molecule has 0 radical (unpaired) electrons. The van der Waals surface area contributed by atoms with Crippen LogP contribution in [0.5, 0.6) is 0 Å². The Morgan fingerprint density at radius 3 is 2.28 bits per heavy atom. The van der Waals surface area contributed by atoms with Crippen LogP contribution in [0.25, 0.3) is 11.3 Å². The molecule has 0 bridgehead atoms. The number of aryl methyl sites for hydroxylation is 1. The number of rotatable bonds is 2. The highest BCUT2D eigenvalue weighted by Gasteiger charge is 2.38. The topological polar surface area (TPSA) is 28.7 Å². The van der Waals surface area contributed by atoms with Crippen molar-refractivity contribution in [1.29, 1.82) is 0 Å². The van der Waals surface area contributed by atoms with Gasteiger partial charge in [-0.25, -0.2) is 0 Å². The lowest BCUT2D eigenvalue weighted by Gasteiger charge is -2.09. The average molecular weight is 272 g/mol. The van der Waals surface area contributed by atoms with Gasteiger partial charge in [-0.1, -0.05) is 29.8 Å². The number of aromatic nitrogens is 2. The molecule has 1 aromatic heterocycles. The van der Waals surface area contributed by atoms with E-state index in [1.807, 2.05) is 6.92 Å². The van der Waals surface area contributed by atoms with Gasteiger partial charge in [-0.2, -0.15) is 18.3 Å². The summed E-state index contributed by atoms with van der Waals surface area (Å²) in [5.74, 6) is 0. The van der Waals surface area contributed by atoms with E-state index in [0.29, 0.717) is 5.56 Å². The number of hydrogen-bond donors (Lipinski definition) is 1. The molecule has 0 spiro atoms. The van der Waals surface area contributed by atoms with Crippen molar-refractivity contribution in [2.24, 2.45) is 0 Å². The Morgan fingerprint density at radius 1 is 1.17 bits per heavy atom. The Kier molecular flexibility index (Phi) is 3.38. The van der Waals surface area contributed by atoms with Gasteiger partial charge in [0, 0.05) is 5.56 Å². The zero-order valence-corrected chi connectivity index (χ0v) is 10.6. The number of H-pyrrole nitrogens is 1. The van der Waals surface area contributed by atoms with E-state index in [2.05, 4.69) is 10.2 Å². The highest BCUT2D eigenvalue weighted by molar-refractivity contribution is 7.98. The molecule has 0 saturated heterocycles. The first-order chi connectivity index (χ1) is 8.43. The minimum atomic E-state index is -4.41. The van der Waals surface area contributed by atoms with Gasteiger partial charge in [-0.3, -0.25) is 5.10 Å². The Bertz CT molecular complexity index is 543. The summed E-state index contributed by atoms with van der Waals surface area (Å²) < 4.78 is 39.1. The summed E-state index contributed by atoms with van der Waals surface area (Å²) in [6, 6.07) is 6.86. The Hall–Kier alpha value is -1.43. The van der Waals surface area contributed by atoms with Gasteiger partial charge in [0.25, 0.3) is 0 Å². The van der Waals surface area contributed by atoms with Gasteiger partial charge in [0.2, 0.25) is 0 Å². The number of thioether (sulfide) groups is 1. The predicted molar refractivity (Wildman–Crippen MR) is 65.5 cm³/mol. The largest absolute Gasteiger partial charge is 0.421 e. The molecular formula is C12H11F3N2S. The monoisotopic (exact) mass is 272 g/mol. The third-order valence-corrected chi connectivity index (χ3v) is 3.23. The van der Waals surface area contributed by atoms with Crippen LogP contribution in [0.2, 0.25) is 0 Å². The molecule has 96 valence electrons. The molecule has 2 nitrogen and oxygen atoms in total. The summed E-state index contributed by atoms with van der Waals surface area (Å²) in [6.07, 6.45) is -2.84. The minimum Gasteiger partial charge on any atom is -0.276 e. The Balaban J connectivity index is 2.58. The lowest BCUT2D eigenvalue weighted by molar-refractivity contribution is -0.139. The van der Waals surface area contributed by atoms with Crippen molar-refractivity contribution in [3.8, 4) is 11.3 Å². The molecule has 1 aromatic carbocycles. The minimum absolute atomic E-state index is 0.0202. The van der Waals surface area contributed by atoms with Crippen molar-refractivity contribution < 1.29 is 13.2 Å². The van der Waals surface area contributed by atoms with Crippen LogP contribution in [-0.4, -0.2) is 16.5 Å². The summed E-state index contributed by atoms with van der Waals surface area (Å²) in [6.45, 7) is 1.88. The van der Waals surface area contributed by atoms with Crippen molar-refractivity contribution in [3.05, 3.63) is 35.4 Å². The Labute approximate surface area is 107 Å². The summed E-state index contributed by atoms with van der Waals surface area (Å²) in [5.41, 5.74) is 0.809. The first-order valence-electron chi connectivity index (χ1n) is 5.20. The fourth-order valence-electron chi connectivity index (χ4n) is 1.67. The van der Waals surface area contributed by atoms with E-state index < -0.39 is 11.7 Å². The van der Waals surface area contributed by atoms with Crippen LogP contribution in [0, 0.1) is 6.92 Å². The molecule has 0 aliphatic rings. The molecule has 0 saturated carbocycles. The third-order valence-electron chi connectivity index (χ3n) is 2.55. The molecule has 0 unspecified atom stereocenters. The van der Waals surface area contributed by atoms with Crippen molar-refractivity contribution in [1.82, 2.24) is 10.2 Å². The zero-order chi connectivity index (χ0) is 13.3. The molecule has 0 fully saturated rings. The van der Waals surface area contributed by atoms with Gasteiger partial charge in [0.15, 0.2) is 0 Å². The smallest absolute Gasteiger partial charge is 0.276 e. The van der Waals surface area contributed by atoms with E-state index in [1.54, 1.807) is 30.5 Å². The standard InChI is InChI=1S/C12H11F3N2S/c1-7-3-5-8(6-4-7)10-9(12(13,14)15)11(18-2)17-16-10/h3-6H,1-2H3,(H,16,17). The summed E-state index contributed by atoms with van der Waals surface area (Å²) in [7, 11) is 0.